The number of aromatic hydroxyl groups is 1. The number of carbonyl (C=O) groups is 1. The lowest BCUT2D eigenvalue weighted by Gasteiger charge is -2.33. The molecular formula is C18H19N3O3. The third-order valence-corrected chi connectivity index (χ3v) is 5.04. The first-order chi connectivity index (χ1) is 11.6. The number of amides is 1. The van der Waals surface area contributed by atoms with Gasteiger partial charge >= 0.3 is 0 Å². The molecule has 0 radical (unpaired) electrons. The maximum Gasteiger partial charge on any atom is 0.257 e. The molecule has 2 aliphatic rings. The van der Waals surface area contributed by atoms with E-state index in [-0.39, 0.29) is 17.1 Å². The van der Waals surface area contributed by atoms with Crippen LogP contribution >= 0.6 is 0 Å². The molecule has 24 heavy (non-hydrogen) atoms. The molecule has 1 spiro atoms. The monoisotopic (exact) mass is 325 g/mol. The van der Waals surface area contributed by atoms with Crippen LogP contribution in [0.5, 0.6) is 5.75 Å². The number of hydrogen-bond acceptors (Lipinski definition) is 5. The summed E-state index contributed by atoms with van der Waals surface area (Å²) in [6.07, 6.45) is 4.15. The Morgan fingerprint density at radius 2 is 2.29 bits per heavy atom. The number of likely N-dealkylation sites (tertiary alicyclic amines) is 1. The summed E-state index contributed by atoms with van der Waals surface area (Å²) in [4.78, 5) is 23.2. The Morgan fingerprint density at radius 1 is 1.42 bits per heavy atom. The van der Waals surface area contributed by atoms with Crippen molar-refractivity contribution >= 4 is 5.91 Å². The van der Waals surface area contributed by atoms with Gasteiger partial charge in [0.15, 0.2) is 0 Å². The molecule has 1 aromatic heterocycles. The van der Waals surface area contributed by atoms with Gasteiger partial charge in [0, 0.05) is 24.8 Å². The van der Waals surface area contributed by atoms with Crippen LogP contribution in [-0.2, 0) is 16.8 Å². The number of hydrogen-bond donors (Lipinski definition) is 1. The summed E-state index contributed by atoms with van der Waals surface area (Å²) >= 11 is 0. The molecule has 6 heteroatoms. The summed E-state index contributed by atoms with van der Waals surface area (Å²) < 4.78 is 5.74. The minimum Gasteiger partial charge on any atom is -0.507 e. The molecule has 0 saturated carbocycles. The third kappa shape index (κ3) is 2.26. The highest BCUT2D eigenvalue weighted by molar-refractivity contribution is 5.97. The third-order valence-electron chi connectivity index (χ3n) is 5.04. The molecule has 1 aromatic carbocycles. The molecule has 3 heterocycles. The fourth-order valence-corrected chi connectivity index (χ4v) is 3.73. The van der Waals surface area contributed by atoms with Crippen LogP contribution in [0.2, 0.25) is 0 Å². The number of ether oxygens (including phenoxy) is 1. The van der Waals surface area contributed by atoms with Crippen LogP contribution in [0.1, 0.15) is 33.6 Å². The summed E-state index contributed by atoms with van der Waals surface area (Å²) in [5, 5.41) is 10.2. The van der Waals surface area contributed by atoms with E-state index in [0.717, 1.165) is 17.7 Å². The van der Waals surface area contributed by atoms with Gasteiger partial charge in [-0.15, -0.1) is 0 Å². The van der Waals surface area contributed by atoms with Gasteiger partial charge in [0.1, 0.15) is 12.1 Å². The standard InChI is InChI=1S/C18H19N3O3/c1-12-3-2-4-14(15(12)22)17(23)21-6-5-18(9-21)10-24-8-13-7-19-11-20-16(13)18/h2-4,7,11,22H,5-6,8-10H2,1H3/t18-/m1/s1. The van der Waals surface area contributed by atoms with Crippen molar-refractivity contribution in [1.29, 1.82) is 0 Å². The number of phenolic OH excluding ortho intramolecular Hbond substituents is 1. The van der Waals surface area contributed by atoms with Crippen LogP contribution in [0, 0.1) is 6.92 Å². The molecule has 124 valence electrons. The normalized spacial score (nSPS) is 22.6. The van der Waals surface area contributed by atoms with Gasteiger partial charge in [0.2, 0.25) is 0 Å². The van der Waals surface area contributed by atoms with E-state index in [9.17, 15) is 9.90 Å². The lowest BCUT2D eigenvalue weighted by atomic mass is 9.81. The second-order valence-corrected chi connectivity index (χ2v) is 6.62. The Labute approximate surface area is 140 Å². The number of rotatable bonds is 1. The number of benzene rings is 1. The van der Waals surface area contributed by atoms with Crippen molar-refractivity contribution in [3.05, 3.63) is 53.1 Å². The summed E-state index contributed by atoms with van der Waals surface area (Å²) in [7, 11) is 0. The molecule has 4 rings (SSSR count). The quantitative estimate of drug-likeness (QED) is 0.865. The molecule has 1 saturated heterocycles. The van der Waals surface area contributed by atoms with Gasteiger partial charge in [-0.2, -0.15) is 0 Å². The van der Waals surface area contributed by atoms with Crippen LogP contribution in [0.25, 0.3) is 0 Å². The van der Waals surface area contributed by atoms with E-state index in [0.29, 0.717) is 37.4 Å². The molecule has 0 bridgehead atoms. The van der Waals surface area contributed by atoms with Gasteiger partial charge in [-0.3, -0.25) is 4.79 Å². The Kier molecular flexibility index (Phi) is 3.49. The zero-order valence-corrected chi connectivity index (χ0v) is 13.5. The number of aryl methyl sites for hydroxylation is 1. The number of phenols is 1. The first kappa shape index (κ1) is 15.1. The average Bonchev–Trinajstić information content (AvgIpc) is 3.02. The first-order valence-corrected chi connectivity index (χ1v) is 8.06. The second kappa shape index (κ2) is 5.56. The summed E-state index contributed by atoms with van der Waals surface area (Å²) in [5.74, 6) is -0.0830. The zero-order chi connectivity index (χ0) is 16.7. The number of para-hydroxylation sites is 1. The number of fused-ring (bicyclic) bond motifs is 2. The zero-order valence-electron chi connectivity index (χ0n) is 13.5. The van der Waals surface area contributed by atoms with Gasteiger partial charge in [-0.05, 0) is 25.0 Å². The van der Waals surface area contributed by atoms with Crippen molar-refractivity contribution in [3.8, 4) is 5.75 Å². The molecular weight excluding hydrogens is 306 g/mol. The smallest absolute Gasteiger partial charge is 0.257 e. The van der Waals surface area contributed by atoms with Crippen molar-refractivity contribution in [3.63, 3.8) is 0 Å². The van der Waals surface area contributed by atoms with Crippen LogP contribution in [-0.4, -0.2) is 45.6 Å². The topological polar surface area (TPSA) is 75.6 Å². The van der Waals surface area contributed by atoms with Crippen LogP contribution < -0.4 is 0 Å². The predicted molar refractivity (Wildman–Crippen MR) is 86.7 cm³/mol. The molecule has 1 amide bonds. The predicted octanol–water partition coefficient (Wildman–Crippen LogP) is 1.80. The highest BCUT2D eigenvalue weighted by Crippen LogP contribution is 2.39. The molecule has 2 aliphatic heterocycles. The van der Waals surface area contributed by atoms with E-state index in [1.165, 1.54) is 0 Å². The Hall–Kier alpha value is -2.47. The summed E-state index contributed by atoms with van der Waals surface area (Å²) in [6, 6.07) is 5.25. The van der Waals surface area contributed by atoms with E-state index < -0.39 is 0 Å². The van der Waals surface area contributed by atoms with Crippen molar-refractivity contribution in [2.45, 2.75) is 25.4 Å². The molecule has 2 aromatic rings. The van der Waals surface area contributed by atoms with E-state index >= 15 is 0 Å². The largest absolute Gasteiger partial charge is 0.507 e. The Morgan fingerprint density at radius 3 is 3.17 bits per heavy atom. The second-order valence-electron chi connectivity index (χ2n) is 6.62. The lowest BCUT2D eigenvalue weighted by molar-refractivity contribution is 0.0483. The SMILES string of the molecule is Cc1cccc(C(=O)N2CC[C@]3(COCc4cncnc43)C2)c1O. The Bertz CT molecular complexity index is 808. The van der Waals surface area contributed by atoms with E-state index in [2.05, 4.69) is 9.97 Å². The minimum absolute atomic E-state index is 0.0612. The lowest BCUT2D eigenvalue weighted by Crippen LogP contribution is -2.41. The maximum absolute atomic E-state index is 12.9. The Balaban J connectivity index is 1.64. The van der Waals surface area contributed by atoms with E-state index in [1.54, 1.807) is 42.5 Å². The number of carbonyl (C=O) groups excluding carboxylic acids is 1. The van der Waals surface area contributed by atoms with Crippen molar-refractivity contribution in [2.24, 2.45) is 0 Å². The van der Waals surface area contributed by atoms with Crippen LogP contribution in [0.4, 0.5) is 0 Å². The summed E-state index contributed by atoms with van der Waals surface area (Å²) in [6.45, 7) is 4.03. The van der Waals surface area contributed by atoms with Crippen molar-refractivity contribution in [2.75, 3.05) is 19.7 Å². The maximum atomic E-state index is 12.9. The highest BCUT2D eigenvalue weighted by Gasteiger charge is 2.46. The first-order valence-electron chi connectivity index (χ1n) is 8.06. The molecule has 6 nitrogen and oxygen atoms in total. The fraction of sp³-hybridized carbons (Fsp3) is 0.389. The van der Waals surface area contributed by atoms with Gasteiger partial charge < -0.3 is 14.7 Å². The van der Waals surface area contributed by atoms with Crippen molar-refractivity contribution in [1.82, 2.24) is 14.9 Å². The number of aromatic nitrogens is 2. The minimum atomic E-state index is -0.272. The fourth-order valence-electron chi connectivity index (χ4n) is 3.73. The average molecular weight is 325 g/mol. The molecule has 1 atom stereocenters. The van der Waals surface area contributed by atoms with Gasteiger partial charge in [0.25, 0.3) is 5.91 Å². The van der Waals surface area contributed by atoms with Crippen molar-refractivity contribution < 1.29 is 14.6 Å². The van der Waals surface area contributed by atoms with Crippen LogP contribution in [0.15, 0.2) is 30.7 Å². The highest BCUT2D eigenvalue weighted by atomic mass is 16.5. The van der Waals surface area contributed by atoms with E-state index in [4.69, 9.17) is 4.74 Å². The number of nitrogens with zero attached hydrogens (tertiary/aromatic N) is 3. The molecule has 0 unspecified atom stereocenters. The molecule has 0 aliphatic carbocycles. The van der Waals surface area contributed by atoms with Crippen LogP contribution in [0.3, 0.4) is 0 Å². The van der Waals surface area contributed by atoms with E-state index in [1.807, 2.05) is 0 Å². The van der Waals surface area contributed by atoms with Gasteiger partial charge in [-0.25, -0.2) is 9.97 Å². The van der Waals surface area contributed by atoms with Gasteiger partial charge in [0.05, 0.1) is 29.9 Å². The molecule has 1 N–H and O–H groups in total. The van der Waals surface area contributed by atoms with Gasteiger partial charge in [-0.1, -0.05) is 12.1 Å². The molecule has 1 fully saturated rings. The summed E-state index contributed by atoms with van der Waals surface area (Å²) in [5.41, 5.74) is 2.77.